The van der Waals surface area contributed by atoms with Crippen molar-refractivity contribution in [1.29, 1.82) is 0 Å². The van der Waals surface area contributed by atoms with Crippen molar-refractivity contribution in [2.75, 3.05) is 0 Å². The first-order valence-corrected chi connectivity index (χ1v) is 7.95. The summed E-state index contributed by atoms with van der Waals surface area (Å²) in [4.78, 5) is 3.49. The maximum absolute atomic E-state index is 12.5. The van der Waals surface area contributed by atoms with Crippen LogP contribution >= 0.6 is 0 Å². The predicted molar refractivity (Wildman–Crippen MR) is 75.7 cm³/mol. The Labute approximate surface area is 124 Å². The lowest BCUT2D eigenvalue weighted by atomic mass is 10.1. The molecule has 0 amide bonds. The van der Waals surface area contributed by atoms with E-state index in [0.29, 0.717) is 11.5 Å². The highest BCUT2D eigenvalue weighted by Gasteiger charge is 2.37. The number of rotatable bonds is 4. The molecule has 1 heterocycles. The number of nitrogens with zero attached hydrogens (tertiary/aromatic N) is 1. The van der Waals surface area contributed by atoms with E-state index in [-0.39, 0.29) is 6.04 Å². The van der Waals surface area contributed by atoms with E-state index in [1.807, 2.05) is 20.8 Å². The molecule has 7 heteroatoms. The Morgan fingerprint density at radius 2 is 1.90 bits per heavy atom. The van der Waals surface area contributed by atoms with Crippen LogP contribution in [0, 0.1) is 5.92 Å². The number of hydrogen-bond acceptors (Lipinski definition) is 2. The van der Waals surface area contributed by atoms with Gasteiger partial charge in [0.05, 0.1) is 15.7 Å². The van der Waals surface area contributed by atoms with E-state index in [1.165, 1.54) is 12.3 Å². The lowest BCUT2D eigenvalue weighted by molar-refractivity contribution is -0.141. The van der Waals surface area contributed by atoms with Gasteiger partial charge in [0.1, 0.15) is 5.69 Å². The highest BCUT2D eigenvalue weighted by atomic mass is 32.2. The van der Waals surface area contributed by atoms with Gasteiger partial charge in [0.2, 0.25) is 0 Å². The topological polar surface area (TPSA) is 42.0 Å². The summed E-state index contributed by atoms with van der Waals surface area (Å²) in [6.45, 7) is 5.56. The van der Waals surface area contributed by atoms with E-state index in [0.717, 1.165) is 18.9 Å². The van der Waals surface area contributed by atoms with Crippen LogP contribution in [0.3, 0.4) is 0 Å². The monoisotopic (exact) mass is 320 g/mol. The van der Waals surface area contributed by atoms with E-state index < -0.39 is 27.6 Å². The van der Waals surface area contributed by atoms with Crippen molar-refractivity contribution in [2.45, 2.75) is 50.6 Å². The largest absolute Gasteiger partial charge is 0.433 e. The van der Waals surface area contributed by atoms with Crippen molar-refractivity contribution in [2.24, 2.45) is 5.92 Å². The maximum atomic E-state index is 12.5. The fourth-order valence-corrected chi connectivity index (χ4v) is 2.83. The van der Waals surface area contributed by atoms with Gasteiger partial charge in [-0.2, -0.15) is 13.2 Å². The van der Waals surface area contributed by atoms with Crippen LogP contribution in [0.5, 0.6) is 0 Å². The summed E-state index contributed by atoms with van der Waals surface area (Å²) in [6, 6.07) is 2.19. The second kappa shape index (κ2) is 5.68. The Kier molecular flexibility index (Phi) is 4.44. The van der Waals surface area contributed by atoms with Gasteiger partial charge in [0, 0.05) is 12.2 Å². The van der Waals surface area contributed by atoms with E-state index >= 15 is 0 Å². The molecule has 2 atom stereocenters. The van der Waals surface area contributed by atoms with Crippen molar-refractivity contribution in [1.82, 2.24) is 9.71 Å². The normalized spacial score (nSPS) is 19.3. The van der Waals surface area contributed by atoms with Crippen molar-refractivity contribution in [3.8, 4) is 0 Å². The van der Waals surface area contributed by atoms with Crippen LogP contribution in [-0.4, -0.2) is 13.9 Å². The van der Waals surface area contributed by atoms with Gasteiger partial charge in [0.15, 0.2) is 0 Å². The molecule has 0 radical (unpaired) electrons. The SMILES string of the molecule is CC(C)(C)S(=O)N[C@H](c1ccc(C(F)(F)F)nc1)C1CC1. The Balaban J connectivity index is 2.18. The van der Waals surface area contributed by atoms with Crippen LogP contribution in [0.1, 0.15) is 50.9 Å². The molecule has 3 nitrogen and oxygen atoms in total. The molecule has 2 rings (SSSR count). The second-order valence-electron chi connectivity index (χ2n) is 6.29. The van der Waals surface area contributed by atoms with Gasteiger partial charge < -0.3 is 0 Å². The molecule has 0 aliphatic heterocycles. The summed E-state index contributed by atoms with van der Waals surface area (Å²) in [7, 11) is -1.27. The fraction of sp³-hybridized carbons (Fsp3) is 0.643. The molecule has 1 fully saturated rings. The molecule has 1 saturated carbocycles. The van der Waals surface area contributed by atoms with Crippen molar-refractivity contribution in [3.05, 3.63) is 29.6 Å². The van der Waals surface area contributed by atoms with Gasteiger partial charge >= 0.3 is 6.18 Å². The van der Waals surface area contributed by atoms with Crippen LogP contribution in [0.15, 0.2) is 18.3 Å². The average molecular weight is 320 g/mol. The van der Waals surface area contributed by atoms with Crippen molar-refractivity contribution >= 4 is 11.0 Å². The lowest BCUT2D eigenvalue weighted by Crippen LogP contribution is -2.36. The molecule has 0 spiro atoms. The number of halogens is 3. The summed E-state index contributed by atoms with van der Waals surface area (Å²) in [6.07, 6.45) is -1.23. The summed E-state index contributed by atoms with van der Waals surface area (Å²) >= 11 is 0. The van der Waals surface area contributed by atoms with Crippen molar-refractivity contribution in [3.63, 3.8) is 0 Å². The summed E-state index contributed by atoms with van der Waals surface area (Å²) in [5.74, 6) is 0.315. The number of pyridine rings is 1. The van der Waals surface area contributed by atoms with Gasteiger partial charge in [-0.3, -0.25) is 4.98 Å². The maximum Gasteiger partial charge on any atom is 0.433 e. The number of aromatic nitrogens is 1. The third-order valence-corrected chi connectivity index (χ3v) is 4.90. The van der Waals surface area contributed by atoms with Gasteiger partial charge in [0.25, 0.3) is 0 Å². The minimum Gasteiger partial charge on any atom is -0.251 e. The first-order valence-electron chi connectivity index (χ1n) is 6.80. The molecule has 1 aromatic heterocycles. The molecule has 0 bridgehead atoms. The summed E-state index contributed by atoms with van der Waals surface area (Å²) < 4.78 is 52.4. The van der Waals surface area contributed by atoms with Crippen LogP contribution in [0.2, 0.25) is 0 Å². The molecule has 1 N–H and O–H groups in total. The van der Waals surface area contributed by atoms with Crippen LogP contribution < -0.4 is 4.72 Å². The smallest absolute Gasteiger partial charge is 0.251 e. The molecule has 1 aromatic rings. The molecule has 21 heavy (non-hydrogen) atoms. The van der Waals surface area contributed by atoms with Gasteiger partial charge in [-0.05, 0) is 51.2 Å². The third kappa shape index (κ3) is 4.26. The highest BCUT2D eigenvalue weighted by molar-refractivity contribution is 7.84. The molecular weight excluding hydrogens is 301 g/mol. The molecule has 1 aliphatic rings. The molecule has 0 saturated heterocycles. The van der Waals surface area contributed by atoms with Crippen LogP contribution in [0.25, 0.3) is 0 Å². The zero-order valence-electron chi connectivity index (χ0n) is 12.2. The number of nitrogens with one attached hydrogen (secondary N) is 1. The molecule has 118 valence electrons. The Morgan fingerprint density at radius 1 is 1.29 bits per heavy atom. The summed E-state index contributed by atoms with van der Waals surface area (Å²) in [5, 5.41) is 0. The zero-order chi connectivity index (χ0) is 15.8. The number of hydrogen-bond donors (Lipinski definition) is 1. The van der Waals surface area contributed by atoms with Crippen molar-refractivity contribution < 1.29 is 17.4 Å². The minimum absolute atomic E-state index is 0.208. The van der Waals surface area contributed by atoms with E-state index in [4.69, 9.17) is 0 Å². The summed E-state index contributed by atoms with van der Waals surface area (Å²) in [5.41, 5.74) is -0.249. The lowest BCUT2D eigenvalue weighted by Gasteiger charge is -2.24. The molecule has 1 aliphatic carbocycles. The van der Waals surface area contributed by atoms with Crippen LogP contribution in [-0.2, 0) is 17.2 Å². The molecule has 0 aromatic carbocycles. The van der Waals surface area contributed by atoms with Gasteiger partial charge in [-0.15, -0.1) is 0 Å². The van der Waals surface area contributed by atoms with Gasteiger partial charge in [-0.1, -0.05) is 6.07 Å². The standard InChI is InChI=1S/C14H19F3N2OS/c1-13(2,3)21(20)19-12(9-4-5-9)10-6-7-11(18-8-10)14(15,16)17/h6-9,12,19H,4-5H2,1-3H3/t12-,21?/m0/s1. The Morgan fingerprint density at radius 3 is 2.29 bits per heavy atom. The quantitative estimate of drug-likeness (QED) is 0.921. The van der Waals surface area contributed by atoms with E-state index in [1.54, 1.807) is 0 Å². The molecular formula is C14H19F3N2OS. The van der Waals surface area contributed by atoms with Gasteiger partial charge in [-0.25, -0.2) is 8.93 Å². The predicted octanol–water partition coefficient (Wildman–Crippen LogP) is 3.60. The highest BCUT2D eigenvalue weighted by Crippen LogP contribution is 2.41. The van der Waals surface area contributed by atoms with E-state index in [2.05, 4.69) is 9.71 Å². The minimum atomic E-state index is -4.44. The van der Waals surface area contributed by atoms with E-state index in [9.17, 15) is 17.4 Å². The average Bonchev–Trinajstić information content (AvgIpc) is 3.17. The Hall–Kier alpha value is -0.950. The fourth-order valence-electron chi connectivity index (χ4n) is 1.92. The van der Waals surface area contributed by atoms with Crippen LogP contribution in [0.4, 0.5) is 13.2 Å². The number of alkyl halides is 3. The first-order chi connectivity index (χ1) is 9.59. The third-order valence-electron chi connectivity index (χ3n) is 3.32. The first kappa shape index (κ1) is 16.4. The molecule has 1 unspecified atom stereocenters. The Bertz CT molecular complexity index is 519. The zero-order valence-corrected chi connectivity index (χ0v) is 13.0. The second-order valence-corrected chi connectivity index (χ2v) is 8.29.